The first-order valence-electron chi connectivity index (χ1n) is 6.60. The normalized spacial score (nSPS) is 15.9. The Morgan fingerprint density at radius 1 is 1.10 bits per heavy atom. The topological polar surface area (TPSA) is 17.1 Å². The molecule has 0 fully saturated rings. The van der Waals surface area contributed by atoms with Gasteiger partial charge in [-0.1, -0.05) is 58.4 Å². The van der Waals surface area contributed by atoms with Gasteiger partial charge in [-0.25, -0.2) is 4.39 Å². The molecule has 0 radical (unpaired) electrons. The van der Waals surface area contributed by atoms with Gasteiger partial charge in [-0.3, -0.25) is 4.79 Å². The summed E-state index contributed by atoms with van der Waals surface area (Å²) in [6.45, 7) is 0. The van der Waals surface area contributed by atoms with Crippen molar-refractivity contribution in [2.45, 2.75) is 6.42 Å². The molecule has 104 valence electrons. The quantitative estimate of drug-likeness (QED) is 0.704. The van der Waals surface area contributed by atoms with E-state index < -0.39 is 0 Å². The monoisotopic (exact) mass is 342 g/mol. The molecule has 0 atom stereocenters. The van der Waals surface area contributed by atoms with E-state index in [9.17, 15) is 9.18 Å². The Labute approximate surface area is 130 Å². The van der Waals surface area contributed by atoms with Crippen LogP contribution in [0.2, 0.25) is 0 Å². The second-order valence-corrected chi connectivity index (χ2v) is 5.73. The summed E-state index contributed by atoms with van der Waals surface area (Å²) in [5.74, 6) is -0.174. The highest BCUT2D eigenvalue weighted by atomic mass is 79.9. The van der Waals surface area contributed by atoms with Gasteiger partial charge >= 0.3 is 0 Å². The summed E-state index contributed by atoms with van der Waals surface area (Å²) < 4.78 is 13.8. The molecule has 3 heteroatoms. The van der Waals surface area contributed by atoms with E-state index in [0.29, 0.717) is 6.42 Å². The zero-order valence-electron chi connectivity index (χ0n) is 11.1. The second-order valence-electron chi connectivity index (χ2n) is 4.87. The molecular weight excluding hydrogens is 331 g/mol. The van der Waals surface area contributed by atoms with E-state index in [1.165, 1.54) is 12.1 Å². The van der Waals surface area contributed by atoms with E-state index in [4.69, 9.17) is 0 Å². The molecule has 0 heterocycles. The Balaban J connectivity index is 1.81. The first-order chi connectivity index (χ1) is 10.1. The average molecular weight is 343 g/mol. The van der Waals surface area contributed by atoms with Crippen LogP contribution in [-0.2, 0) is 6.42 Å². The first-order valence-corrected chi connectivity index (χ1v) is 7.39. The van der Waals surface area contributed by atoms with E-state index >= 15 is 0 Å². The van der Waals surface area contributed by atoms with Gasteiger partial charge in [-0.2, -0.15) is 0 Å². The number of carbonyl (C=O) groups is 1. The molecule has 0 N–H and O–H groups in total. The zero-order valence-corrected chi connectivity index (χ0v) is 12.7. The summed E-state index contributed by atoms with van der Waals surface area (Å²) in [5, 5.41) is 0. The van der Waals surface area contributed by atoms with Crippen LogP contribution < -0.4 is 0 Å². The largest absolute Gasteiger partial charge is 0.289 e. The summed E-state index contributed by atoms with van der Waals surface area (Å²) in [4.78, 5) is 12.3. The molecule has 0 bridgehead atoms. The van der Waals surface area contributed by atoms with Crippen LogP contribution in [0.15, 0.2) is 64.7 Å². The van der Waals surface area contributed by atoms with Crippen LogP contribution in [0.3, 0.4) is 0 Å². The number of halogens is 2. The molecule has 0 aliphatic heterocycles. The van der Waals surface area contributed by atoms with Gasteiger partial charge in [-0.05, 0) is 29.3 Å². The highest BCUT2D eigenvalue weighted by Crippen LogP contribution is 2.31. The fourth-order valence-electron chi connectivity index (χ4n) is 2.38. The number of hydrogen-bond donors (Lipinski definition) is 0. The van der Waals surface area contributed by atoms with Crippen molar-refractivity contribution in [2.24, 2.45) is 0 Å². The molecule has 0 unspecified atom stereocenters. The van der Waals surface area contributed by atoms with Crippen LogP contribution >= 0.6 is 15.9 Å². The predicted molar refractivity (Wildman–Crippen MR) is 85.7 cm³/mol. The third-order valence-electron chi connectivity index (χ3n) is 3.48. The van der Waals surface area contributed by atoms with Crippen LogP contribution in [0.4, 0.5) is 4.39 Å². The summed E-state index contributed by atoms with van der Waals surface area (Å²) in [6.07, 6.45) is 6.17. The SMILES string of the molecule is O=C1/C(=C/C=C/c2ccc(F)cc2)Cc2c(Br)cccc21. The molecule has 1 aliphatic rings. The summed E-state index contributed by atoms with van der Waals surface area (Å²) in [7, 11) is 0. The van der Waals surface area contributed by atoms with E-state index in [2.05, 4.69) is 15.9 Å². The van der Waals surface area contributed by atoms with Crippen molar-refractivity contribution >= 4 is 27.8 Å². The highest BCUT2D eigenvalue weighted by molar-refractivity contribution is 9.10. The standard InChI is InChI=1S/C18H12BrFO/c19-17-6-2-5-15-16(17)11-13(18(15)21)4-1-3-12-7-9-14(20)10-8-12/h1-10H,11H2/b3-1+,13-4+. The minimum Gasteiger partial charge on any atom is -0.289 e. The van der Waals surface area contributed by atoms with Crippen molar-refractivity contribution in [3.63, 3.8) is 0 Å². The van der Waals surface area contributed by atoms with Crippen molar-refractivity contribution in [3.8, 4) is 0 Å². The summed E-state index contributed by atoms with van der Waals surface area (Å²) >= 11 is 3.48. The van der Waals surface area contributed by atoms with Crippen molar-refractivity contribution in [2.75, 3.05) is 0 Å². The zero-order chi connectivity index (χ0) is 14.8. The van der Waals surface area contributed by atoms with Crippen molar-refractivity contribution in [1.29, 1.82) is 0 Å². The van der Waals surface area contributed by atoms with Crippen molar-refractivity contribution < 1.29 is 9.18 Å². The second kappa shape index (κ2) is 5.78. The lowest BCUT2D eigenvalue weighted by molar-refractivity contribution is 0.103. The van der Waals surface area contributed by atoms with E-state index in [0.717, 1.165) is 26.7 Å². The molecule has 1 nitrogen and oxygen atoms in total. The molecule has 0 saturated heterocycles. The minimum absolute atomic E-state index is 0.0788. The summed E-state index contributed by atoms with van der Waals surface area (Å²) in [5.41, 5.74) is 3.49. The number of ketones is 1. The third kappa shape index (κ3) is 2.88. The van der Waals surface area contributed by atoms with Crippen LogP contribution in [0.5, 0.6) is 0 Å². The van der Waals surface area contributed by atoms with Crippen molar-refractivity contribution in [1.82, 2.24) is 0 Å². The first kappa shape index (κ1) is 14.0. The lowest BCUT2D eigenvalue weighted by Gasteiger charge is -1.97. The maximum Gasteiger partial charge on any atom is 0.189 e. The fourth-order valence-corrected chi connectivity index (χ4v) is 2.89. The Hall–Kier alpha value is -2.00. The lowest BCUT2D eigenvalue weighted by Crippen LogP contribution is -1.94. The Bertz CT molecular complexity index is 757. The van der Waals surface area contributed by atoms with Gasteiger partial charge in [0, 0.05) is 22.0 Å². The molecule has 0 amide bonds. The predicted octanol–water partition coefficient (Wildman–Crippen LogP) is 4.97. The van der Waals surface area contributed by atoms with Gasteiger partial charge in [0.25, 0.3) is 0 Å². The number of fused-ring (bicyclic) bond motifs is 1. The van der Waals surface area contributed by atoms with Gasteiger partial charge in [0.15, 0.2) is 5.78 Å². The maximum absolute atomic E-state index is 12.8. The smallest absolute Gasteiger partial charge is 0.189 e. The molecule has 21 heavy (non-hydrogen) atoms. The number of carbonyl (C=O) groups excluding carboxylic acids is 1. The van der Waals surface area contributed by atoms with Crippen molar-refractivity contribution in [3.05, 3.63) is 87.2 Å². The van der Waals surface area contributed by atoms with Gasteiger partial charge in [0.1, 0.15) is 5.82 Å². The minimum atomic E-state index is -0.253. The number of benzene rings is 2. The Morgan fingerprint density at radius 3 is 2.57 bits per heavy atom. The number of rotatable bonds is 2. The van der Waals surface area contributed by atoms with E-state index in [1.807, 2.05) is 36.4 Å². The molecule has 0 spiro atoms. The lowest BCUT2D eigenvalue weighted by atomic mass is 10.1. The fraction of sp³-hybridized carbons (Fsp3) is 0.0556. The molecular formula is C18H12BrFO. The number of hydrogen-bond acceptors (Lipinski definition) is 1. The maximum atomic E-state index is 12.8. The number of Topliss-reactive ketones (excluding diaryl/α,β-unsaturated/α-hetero) is 1. The molecule has 0 aromatic heterocycles. The Kier molecular flexibility index (Phi) is 3.84. The van der Waals surface area contributed by atoms with Gasteiger partial charge in [0.05, 0.1) is 0 Å². The molecule has 2 aromatic rings. The molecule has 0 saturated carbocycles. The van der Waals surface area contributed by atoms with Crippen LogP contribution in [0.1, 0.15) is 21.5 Å². The van der Waals surface area contributed by atoms with E-state index in [-0.39, 0.29) is 11.6 Å². The molecule has 2 aromatic carbocycles. The van der Waals surface area contributed by atoms with Gasteiger partial charge in [0.2, 0.25) is 0 Å². The summed E-state index contributed by atoms with van der Waals surface area (Å²) in [6, 6.07) is 11.9. The molecule has 3 rings (SSSR count). The van der Waals surface area contributed by atoms with E-state index in [1.54, 1.807) is 12.1 Å². The Morgan fingerprint density at radius 2 is 1.86 bits per heavy atom. The van der Waals surface area contributed by atoms with Gasteiger partial charge in [-0.15, -0.1) is 0 Å². The average Bonchev–Trinajstić information content (AvgIpc) is 2.80. The number of allylic oxidation sites excluding steroid dienone is 3. The van der Waals surface area contributed by atoms with Crippen LogP contribution in [-0.4, -0.2) is 5.78 Å². The van der Waals surface area contributed by atoms with Crippen LogP contribution in [0.25, 0.3) is 6.08 Å². The third-order valence-corrected chi connectivity index (χ3v) is 4.22. The van der Waals surface area contributed by atoms with Gasteiger partial charge < -0.3 is 0 Å². The highest BCUT2D eigenvalue weighted by Gasteiger charge is 2.25. The molecule has 1 aliphatic carbocycles. The van der Waals surface area contributed by atoms with Crippen LogP contribution in [0, 0.1) is 5.82 Å².